The molecule has 0 atom stereocenters. The van der Waals surface area contributed by atoms with Crippen LogP contribution in [0.2, 0.25) is 0 Å². The van der Waals surface area contributed by atoms with Gasteiger partial charge in [-0.05, 0) is 32.9 Å². The molecule has 2 aromatic heterocycles. The van der Waals surface area contributed by atoms with Crippen molar-refractivity contribution in [3.05, 3.63) is 35.9 Å². The van der Waals surface area contributed by atoms with Crippen LogP contribution in [0.25, 0.3) is 5.52 Å². The second-order valence-corrected chi connectivity index (χ2v) is 7.60. The lowest BCUT2D eigenvalue weighted by Crippen LogP contribution is -2.46. The van der Waals surface area contributed by atoms with E-state index in [1.165, 1.54) is 0 Å². The summed E-state index contributed by atoms with van der Waals surface area (Å²) in [6, 6.07) is 5.86. The topological polar surface area (TPSA) is 37.6 Å². The van der Waals surface area contributed by atoms with Crippen molar-refractivity contribution in [3.8, 4) is 0 Å². The van der Waals surface area contributed by atoms with Gasteiger partial charge in [-0.2, -0.15) is 11.8 Å². The second-order valence-electron chi connectivity index (χ2n) is 5.80. The number of hydrogen-bond acceptors (Lipinski definition) is 3. The van der Waals surface area contributed by atoms with Crippen LogP contribution < -0.4 is 0 Å². The number of imidazole rings is 1. The Balaban J connectivity index is 1.97. The Morgan fingerprint density at radius 1 is 1.40 bits per heavy atom. The van der Waals surface area contributed by atoms with Crippen molar-refractivity contribution in [2.24, 2.45) is 0 Å². The Morgan fingerprint density at radius 3 is 2.95 bits per heavy atom. The van der Waals surface area contributed by atoms with Gasteiger partial charge in [-0.25, -0.2) is 4.98 Å². The van der Waals surface area contributed by atoms with Crippen molar-refractivity contribution in [2.75, 3.05) is 18.8 Å². The number of fused-ring (bicyclic) bond motifs is 1. The highest BCUT2D eigenvalue weighted by molar-refractivity contribution is 8.00. The molecule has 0 radical (unpaired) electrons. The highest BCUT2D eigenvalue weighted by Gasteiger charge is 2.31. The summed E-state index contributed by atoms with van der Waals surface area (Å²) >= 11 is 1.93. The summed E-state index contributed by atoms with van der Waals surface area (Å²) in [5.74, 6) is 1.90. The molecule has 1 saturated heterocycles. The molecule has 20 heavy (non-hydrogen) atoms. The molecule has 106 valence electrons. The Morgan fingerprint density at radius 2 is 2.20 bits per heavy atom. The van der Waals surface area contributed by atoms with E-state index in [4.69, 9.17) is 0 Å². The molecule has 0 spiro atoms. The SMILES string of the molecule is Cc1nc(C(=O)N2CCSC(C)(C)C2)c2ccccn12. The molecule has 1 amide bonds. The van der Waals surface area contributed by atoms with Gasteiger partial charge in [-0.1, -0.05) is 6.07 Å². The van der Waals surface area contributed by atoms with E-state index in [0.717, 1.165) is 30.2 Å². The van der Waals surface area contributed by atoms with E-state index in [9.17, 15) is 4.79 Å². The van der Waals surface area contributed by atoms with Crippen molar-refractivity contribution in [1.82, 2.24) is 14.3 Å². The largest absolute Gasteiger partial charge is 0.335 e. The zero-order chi connectivity index (χ0) is 14.3. The van der Waals surface area contributed by atoms with Gasteiger partial charge in [0.15, 0.2) is 5.69 Å². The summed E-state index contributed by atoms with van der Waals surface area (Å²) in [6.45, 7) is 7.89. The Hall–Kier alpha value is -1.49. The molecule has 0 N–H and O–H groups in total. The molecule has 0 saturated carbocycles. The molecule has 5 heteroatoms. The first-order chi connectivity index (χ1) is 9.48. The minimum atomic E-state index is 0.0511. The van der Waals surface area contributed by atoms with Crippen LogP contribution in [0.15, 0.2) is 24.4 Å². The summed E-state index contributed by atoms with van der Waals surface area (Å²) in [7, 11) is 0. The number of carbonyl (C=O) groups excluding carboxylic acids is 1. The Labute approximate surface area is 123 Å². The lowest BCUT2D eigenvalue weighted by Gasteiger charge is -2.37. The normalized spacial score (nSPS) is 18.4. The first kappa shape index (κ1) is 13.5. The van der Waals surface area contributed by atoms with E-state index in [1.807, 2.05) is 52.4 Å². The minimum absolute atomic E-state index is 0.0511. The summed E-state index contributed by atoms with van der Waals surface area (Å²) in [5, 5.41) is 0. The Bertz CT molecular complexity index is 662. The lowest BCUT2D eigenvalue weighted by atomic mass is 10.1. The van der Waals surface area contributed by atoms with Crippen molar-refractivity contribution in [1.29, 1.82) is 0 Å². The summed E-state index contributed by atoms with van der Waals surface area (Å²) in [5.41, 5.74) is 1.47. The number of hydrogen-bond donors (Lipinski definition) is 0. The molecule has 0 aromatic carbocycles. The third kappa shape index (κ3) is 2.30. The van der Waals surface area contributed by atoms with E-state index in [2.05, 4.69) is 18.8 Å². The zero-order valence-electron chi connectivity index (χ0n) is 12.1. The number of aromatic nitrogens is 2. The quantitative estimate of drug-likeness (QED) is 0.810. The number of amides is 1. The van der Waals surface area contributed by atoms with Gasteiger partial charge in [-0.15, -0.1) is 0 Å². The van der Waals surface area contributed by atoms with Gasteiger partial charge in [0.2, 0.25) is 0 Å². The second kappa shape index (κ2) is 4.81. The number of thioether (sulfide) groups is 1. The van der Waals surface area contributed by atoms with Gasteiger partial charge in [0.1, 0.15) is 5.82 Å². The van der Waals surface area contributed by atoms with E-state index in [1.54, 1.807) is 0 Å². The van der Waals surface area contributed by atoms with Gasteiger partial charge in [0.25, 0.3) is 5.91 Å². The highest BCUT2D eigenvalue weighted by atomic mass is 32.2. The van der Waals surface area contributed by atoms with Gasteiger partial charge >= 0.3 is 0 Å². The maximum atomic E-state index is 12.8. The smallest absolute Gasteiger partial charge is 0.274 e. The fraction of sp³-hybridized carbons (Fsp3) is 0.467. The maximum Gasteiger partial charge on any atom is 0.274 e. The molecule has 0 unspecified atom stereocenters. The van der Waals surface area contributed by atoms with Gasteiger partial charge < -0.3 is 9.30 Å². The number of pyridine rings is 1. The number of rotatable bonds is 1. The van der Waals surface area contributed by atoms with Crippen LogP contribution in [0.1, 0.15) is 30.2 Å². The molecular formula is C15H19N3OS. The third-order valence-corrected chi connectivity index (χ3v) is 4.94. The molecule has 4 nitrogen and oxygen atoms in total. The van der Waals surface area contributed by atoms with Gasteiger partial charge in [-0.3, -0.25) is 4.79 Å². The van der Waals surface area contributed by atoms with Crippen molar-refractivity contribution in [2.45, 2.75) is 25.5 Å². The van der Waals surface area contributed by atoms with Crippen molar-refractivity contribution < 1.29 is 4.79 Å². The molecule has 0 aliphatic carbocycles. The lowest BCUT2D eigenvalue weighted by molar-refractivity contribution is 0.0744. The Kier molecular flexibility index (Phi) is 3.24. The summed E-state index contributed by atoms with van der Waals surface area (Å²) in [4.78, 5) is 19.2. The van der Waals surface area contributed by atoms with Crippen LogP contribution in [0.5, 0.6) is 0 Å². The average molecular weight is 289 g/mol. The highest BCUT2D eigenvalue weighted by Crippen LogP contribution is 2.30. The zero-order valence-corrected chi connectivity index (χ0v) is 12.9. The van der Waals surface area contributed by atoms with E-state index in [0.29, 0.717) is 5.69 Å². The third-order valence-electron chi connectivity index (χ3n) is 3.64. The van der Waals surface area contributed by atoms with Crippen LogP contribution in [-0.2, 0) is 0 Å². The average Bonchev–Trinajstić information content (AvgIpc) is 2.75. The van der Waals surface area contributed by atoms with Crippen molar-refractivity contribution >= 4 is 23.2 Å². The molecule has 0 bridgehead atoms. The van der Waals surface area contributed by atoms with Gasteiger partial charge in [0, 0.05) is 29.8 Å². The van der Waals surface area contributed by atoms with Crippen LogP contribution in [0, 0.1) is 6.92 Å². The predicted octanol–water partition coefficient (Wildman–Crippen LogP) is 2.61. The molecule has 1 fully saturated rings. The molecular weight excluding hydrogens is 270 g/mol. The first-order valence-electron chi connectivity index (χ1n) is 6.85. The minimum Gasteiger partial charge on any atom is -0.335 e. The van der Waals surface area contributed by atoms with Crippen LogP contribution in [0.4, 0.5) is 0 Å². The standard InChI is InChI=1S/C15H19N3OS/c1-11-16-13(12-6-4-5-7-18(11)12)14(19)17-8-9-20-15(2,3)10-17/h4-7H,8-10H2,1-3H3. The van der Waals surface area contributed by atoms with Crippen LogP contribution in [0.3, 0.4) is 0 Å². The fourth-order valence-corrected chi connectivity index (χ4v) is 3.80. The van der Waals surface area contributed by atoms with Crippen LogP contribution in [-0.4, -0.2) is 43.8 Å². The maximum absolute atomic E-state index is 12.8. The molecule has 1 aliphatic rings. The summed E-state index contributed by atoms with van der Waals surface area (Å²) < 4.78 is 2.09. The van der Waals surface area contributed by atoms with E-state index < -0.39 is 0 Å². The molecule has 2 aromatic rings. The summed E-state index contributed by atoms with van der Waals surface area (Å²) in [6.07, 6.45) is 1.95. The first-order valence-corrected chi connectivity index (χ1v) is 7.83. The van der Waals surface area contributed by atoms with Crippen molar-refractivity contribution in [3.63, 3.8) is 0 Å². The monoisotopic (exact) mass is 289 g/mol. The number of carbonyl (C=O) groups is 1. The predicted molar refractivity (Wildman–Crippen MR) is 82.4 cm³/mol. The fourth-order valence-electron chi connectivity index (χ4n) is 2.69. The number of aryl methyl sites for hydroxylation is 1. The van der Waals surface area contributed by atoms with Gasteiger partial charge in [0.05, 0.1) is 5.52 Å². The molecule has 1 aliphatic heterocycles. The molecule has 3 heterocycles. The molecule has 3 rings (SSSR count). The van der Waals surface area contributed by atoms with E-state index >= 15 is 0 Å². The van der Waals surface area contributed by atoms with Crippen LogP contribution >= 0.6 is 11.8 Å². The van der Waals surface area contributed by atoms with E-state index in [-0.39, 0.29) is 10.7 Å². The number of nitrogens with zero attached hydrogens (tertiary/aromatic N) is 3.